The van der Waals surface area contributed by atoms with E-state index < -0.39 is 17.8 Å². The van der Waals surface area contributed by atoms with Crippen LogP contribution in [0, 0.1) is 0 Å². The normalized spacial score (nSPS) is 14.9. The largest absolute Gasteiger partial charge is 0.478 e. The molecule has 0 bridgehead atoms. The summed E-state index contributed by atoms with van der Waals surface area (Å²) >= 11 is 5.21. The van der Waals surface area contributed by atoms with Crippen molar-refractivity contribution in [3.05, 3.63) is 95.6 Å². The van der Waals surface area contributed by atoms with Crippen LogP contribution in [0.3, 0.4) is 0 Å². The molecule has 2 N–H and O–H groups in total. The van der Waals surface area contributed by atoms with E-state index >= 15 is 0 Å². The first-order chi connectivity index (χ1) is 15.4. The number of amides is 2. The molecule has 0 atom stereocenters. The summed E-state index contributed by atoms with van der Waals surface area (Å²) < 4.78 is 5.76. The highest BCUT2D eigenvalue weighted by molar-refractivity contribution is 7.80. The molecule has 1 aliphatic rings. The fourth-order valence-corrected chi connectivity index (χ4v) is 3.39. The van der Waals surface area contributed by atoms with Crippen LogP contribution in [0.2, 0.25) is 0 Å². The van der Waals surface area contributed by atoms with Crippen LogP contribution >= 0.6 is 12.2 Å². The molecule has 3 aromatic carbocycles. The maximum atomic E-state index is 13.1. The van der Waals surface area contributed by atoms with Gasteiger partial charge in [-0.25, -0.2) is 4.79 Å². The van der Waals surface area contributed by atoms with Crippen LogP contribution in [-0.2, 0) is 9.59 Å². The number of anilines is 1. The second kappa shape index (κ2) is 8.83. The monoisotopic (exact) mass is 444 g/mol. The summed E-state index contributed by atoms with van der Waals surface area (Å²) in [6.45, 7) is 0. The number of thiocarbonyl (C=S) groups is 1. The van der Waals surface area contributed by atoms with E-state index in [4.69, 9.17) is 22.1 Å². The molecule has 1 fully saturated rings. The van der Waals surface area contributed by atoms with Gasteiger partial charge in [-0.15, -0.1) is 0 Å². The molecule has 0 aromatic heterocycles. The van der Waals surface area contributed by atoms with Crippen molar-refractivity contribution in [3.8, 4) is 11.5 Å². The van der Waals surface area contributed by atoms with E-state index in [0.717, 1.165) is 0 Å². The van der Waals surface area contributed by atoms with Crippen LogP contribution < -0.4 is 15.0 Å². The molecule has 0 unspecified atom stereocenters. The molecule has 0 spiro atoms. The Morgan fingerprint density at radius 2 is 1.62 bits per heavy atom. The van der Waals surface area contributed by atoms with Gasteiger partial charge in [0, 0.05) is 0 Å². The Labute approximate surface area is 188 Å². The van der Waals surface area contributed by atoms with Gasteiger partial charge >= 0.3 is 5.97 Å². The van der Waals surface area contributed by atoms with E-state index in [1.807, 2.05) is 30.3 Å². The van der Waals surface area contributed by atoms with Crippen molar-refractivity contribution in [2.75, 3.05) is 4.90 Å². The fourth-order valence-electron chi connectivity index (χ4n) is 3.11. The second-order valence-corrected chi connectivity index (χ2v) is 7.18. The van der Waals surface area contributed by atoms with Crippen LogP contribution in [0.25, 0.3) is 6.08 Å². The minimum atomic E-state index is -1.11. The number of nitrogens with zero attached hydrogens (tertiary/aromatic N) is 1. The Morgan fingerprint density at radius 1 is 0.938 bits per heavy atom. The molecule has 158 valence electrons. The van der Waals surface area contributed by atoms with Crippen LogP contribution in [0.1, 0.15) is 15.9 Å². The Morgan fingerprint density at radius 3 is 2.31 bits per heavy atom. The summed E-state index contributed by atoms with van der Waals surface area (Å²) in [7, 11) is 0. The quantitative estimate of drug-likeness (QED) is 0.351. The average molecular weight is 444 g/mol. The molecule has 1 saturated heterocycles. The van der Waals surface area contributed by atoms with E-state index in [0.29, 0.717) is 22.7 Å². The number of carbonyl (C=O) groups excluding carboxylic acids is 2. The molecule has 0 saturated carbocycles. The Balaban J connectivity index is 1.61. The number of carbonyl (C=O) groups is 3. The number of nitrogens with one attached hydrogen (secondary N) is 1. The van der Waals surface area contributed by atoms with Gasteiger partial charge in [-0.1, -0.05) is 30.3 Å². The topological polar surface area (TPSA) is 95.9 Å². The van der Waals surface area contributed by atoms with E-state index in [1.54, 1.807) is 30.3 Å². The summed E-state index contributed by atoms with van der Waals surface area (Å²) in [5, 5.41) is 11.6. The first kappa shape index (κ1) is 21.0. The van der Waals surface area contributed by atoms with Crippen molar-refractivity contribution in [1.29, 1.82) is 0 Å². The van der Waals surface area contributed by atoms with Gasteiger partial charge in [0.25, 0.3) is 11.8 Å². The van der Waals surface area contributed by atoms with Crippen molar-refractivity contribution in [2.45, 2.75) is 0 Å². The molecule has 1 heterocycles. The maximum absolute atomic E-state index is 13.1. The van der Waals surface area contributed by atoms with Crippen LogP contribution in [0.15, 0.2) is 84.4 Å². The molecule has 4 rings (SSSR count). The van der Waals surface area contributed by atoms with Crippen molar-refractivity contribution in [1.82, 2.24) is 5.32 Å². The zero-order chi connectivity index (χ0) is 22.7. The smallest absolute Gasteiger partial charge is 0.335 e. The summed E-state index contributed by atoms with van der Waals surface area (Å²) in [5.41, 5.74) is 0.739. The number of carboxylic acid groups (broad SMARTS) is 1. The molecular formula is C24H16N2O5S. The number of benzene rings is 3. The fraction of sp³-hybridized carbons (Fsp3) is 0. The molecule has 0 aliphatic carbocycles. The minimum absolute atomic E-state index is 0.0457. The van der Waals surface area contributed by atoms with Crippen molar-refractivity contribution in [2.24, 2.45) is 0 Å². The number of hydrogen-bond acceptors (Lipinski definition) is 5. The zero-order valence-electron chi connectivity index (χ0n) is 16.5. The molecule has 1 aliphatic heterocycles. The number of ether oxygens (including phenoxy) is 1. The minimum Gasteiger partial charge on any atom is -0.478 e. The highest BCUT2D eigenvalue weighted by atomic mass is 32.1. The number of rotatable bonds is 5. The number of hydrogen-bond donors (Lipinski definition) is 2. The van der Waals surface area contributed by atoms with Gasteiger partial charge in [-0.05, 0) is 72.4 Å². The first-order valence-corrected chi connectivity index (χ1v) is 9.91. The van der Waals surface area contributed by atoms with E-state index in [2.05, 4.69) is 5.32 Å². The van der Waals surface area contributed by atoms with Gasteiger partial charge in [-0.2, -0.15) is 0 Å². The molecule has 8 heteroatoms. The molecule has 0 radical (unpaired) electrons. The van der Waals surface area contributed by atoms with Crippen molar-refractivity contribution in [3.63, 3.8) is 0 Å². The predicted octanol–water partition coefficient (Wildman–Crippen LogP) is 4.01. The third kappa shape index (κ3) is 4.40. The summed E-state index contributed by atoms with van der Waals surface area (Å²) in [6, 6.07) is 21.9. The van der Waals surface area contributed by atoms with Crippen LogP contribution in [-0.4, -0.2) is 28.0 Å². The molecule has 2 amide bonds. The third-order valence-corrected chi connectivity index (χ3v) is 4.90. The van der Waals surface area contributed by atoms with Crippen LogP contribution in [0.4, 0.5) is 5.69 Å². The highest BCUT2D eigenvalue weighted by Crippen LogP contribution is 2.27. The Hall–Kier alpha value is -4.30. The third-order valence-electron chi connectivity index (χ3n) is 4.62. The standard InChI is InChI=1S/C24H16N2O5S/c27-21-20(14-15-5-4-6-16(13-15)23(29)30)22(28)26(24(32)25-21)17-9-11-19(12-10-17)31-18-7-2-1-3-8-18/h1-14H,(H,29,30)(H,25,27,32). The van der Waals surface area contributed by atoms with Gasteiger partial charge in [0.2, 0.25) is 0 Å². The maximum Gasteiger partial charge on any atom is 0.335 e. The Kier molecular flexibility index (Phi) is 5.78. The first-order valence-electron chi connectivity index (χ1n) is 9.50. The summed E-state index contributed by atoms with van der Waals surface area (Å²) in [5.74, 6) is -1.13. The second-order valence-electron chi connectivity index (χ2n) is 6.80. The molecular weight excluding hydrogens is 428 g/mol. The molecule has 7 nitrogen and oxygen atoms in total. The summed E-state index contributed by atoms with van der Waals surface area (Å²) in [4.78, 5) is 37.9. The number of aromatic carboxylic acids is 1. The van der Waals surface area contributed by atoms with Gasteiger partial charge in [0.05, 0.1) is 11.3 Å². The lowest BCUT2D eigenvalue weighted by Gasteiger charge is -2.29. The van der Waals surface area contributed by atoms with E-state index in [1.165, 1.54) is 29.2 Å². The Bertz CT molecular complexity index is 1250. The lowest BCUT2D eigenvalue weighted by Crippen LogP contribution is -2.54. The molecule has 32 heavy (non-hydrogen) atoms. The lowest BCUT2D eigenvalue weighted by atomic mass is 10.0. The number of carboxylic acids is 1. The van der Waals surface area contributed by atoms with E-state index in [-0.39, 0.29) is 16.2 Å². The van der Waals surface area contributed by atoms with Crippen molar-refractivity contribution >= 4 is 46.9 Å². The van der Waals surface area contributed by atoms with Gasteiger partial charge in [-0.3, -0.25) is 19.8 Å². The lowest BCUT2D eigenvalue weighted by molar-refractivity contribution is -0.122. The average Bonchev–Trinajstić information content (AvgIpc) is 2.78. The SMILES string of the molecule is O=C1NC(=S)N(c2ccc(Oc3ccccc3)cc2)C(=O)C1=Cc1cccc(C(=O)O)c1. The van der Waals surface area contributed by atoms with Gasteiger partial charge < -0.3 is 9.84 Å². The summed E-state index contributed by atoms with van der Waals surface area (Å²) in [6.07, 6.45) is 1.34. The predicted molar refractivity (Wildman–Crippen MR) is 123 cm³/mol. The van der Waals surface area contributed by atoms with E-state index in [9.17, 15) is 14.4 Å². The van der Waals surface area contributed by atoms with Crippen molar-refractivity contribution < 1.29 is 24.2 Å². The van der Waals surface area contributed by atoms with Crippen LogP contribution in [0.5, 0.6) is 11.5 Å². The molecule has 3 aromatic rings. The number of para-hydroxylation sites is 1. The van der Waals surface area contributed by atoms with Gasteiger partial charge in [0.1, 0.15) is 17.1 Å². The van der Waals surface area contributed by atoms with Gasteiger partial charge in [0.15, 0.2) is 5.11 Å². The zero-order valence-corrected chi connectivity index (χ0v) is 17.3. The highest BCUT2D eigenvalue weighted by Gasteiger charge is 2.34.